The molecule has 3 aliphatic rings. The van der Waals surface area contributed by atoms with Gasteiger partial charge in [0.15, 0.2) is 0 Å². The Balaban J connectivity index is 1.70. The summed E-state index contributed by atoms with van der Waals surface area (Å²) in [7, 11) is 0. The normalized spacial score (nSPS) is 37.7. The number of amides is 1. The highest BCUT2D eigenvalue weighted by atomic mass is 32.2. The third-order valence-electron chi connectivity index (χ3n) is 4.98. The van der Waals surface area contributed by atoms with E-state index in [1.807, 2.05) is 11.8 Å². The average Bonchev–Trinajstić information content (AvgIpc) is 2.95. The van der Waals surface area contributed by atoms with Crippen LogP contribution in [0.5, 0.6) is 0 Å². The third kappa shape index (κ3) is 2.11. The van der Waals surface area contributed by atoms with E-state index in [1.54, 1.807) is 0 Å². The van der Waals surface area contributed by atoms with Gasteiger partial charge in [0.2, 0.25) is 5.91 Å². The number of hydrogen-bond acceptors (Lipinski definition) is 2. The second-order valence-corrected chi connectivity index (χ2v) is 7.08. The Morgan fingerprint density at radius 3 is 2.18 bits per heavy atom. The molecule has 0 aromatic heterocycles. The summed E-state index contributed by atoms with van der Waals surface area (Å²) in [5.41, 5.74) is 0. The van der Waals surface area contributed by atoms with Crippen LogP contribution >= 0.6 is 11.8 Å². The number of fused-ring (bicyclic) bond motifs is 2. The molecule has 0 N–H and O–H groups in total. The van der Waals surface area contributed by atoms with Crippen molar-refractivity contribution in [3.63, 3.8) is 0 Å². The number of nitrogens with zero attached hydrogens (tertiary/aromatic N) is 1. The molecule has 0 radical (unpaired) electrons. The van der Waals surface area contributed by atoms with Crippen LogP contribution in [-0.2, 0) is 4.79 Å². The molecule has 2 unspecified atom stereocenters. The largest absolute Gasteiger partial charge is 0.336 e. The van der Waals surface area contributed by atoms with Crippen LogP contribution in [0.4, 0.5) is 0 Å². The topological polar surface area (TPSA) is 20.3 Å². The molecule has 2 nitrogen and oxygen atoms in total. The molecule has 2 bridgehead atoms. The predicted molar refractivity (Wildman–Crippen MR) is 72.2 cm³/mol. The van der Waals surface area contributed by atoms with E-state index in [1.165, 1.54) is 38.5 Å². The summed E-state index contributed by atoms with van der Waals surface area (Å²) in [5, 5.41) is 0.806. The molecule has 3 fully saturated rings. The van der Waals surface area contributed by atoms with Crippen molar-refractivity contribution in [3.05, 3.63) is 0 Å². The van der Waals surface area contributed by atoms with Crippen LogP contribution in [0.3, 0.4) is 0 Å². The van der Waals surface area contributed by atoms with E-state index >= 15 is 0 Å². The summed E-state index contributed by atoms with van der Waals surface area (Å²) in [5.74, 6) is 0.887. The fraction of sp³-hybridized carbons (Fsp3) is 0.929. The minimum Gasteiger partial charge on any atom is -0.336 e. The Hall–Kier alpha value is -0.180. The van der Waals surface area contributed by atoms with Crippen molar-refractivity contribution >= 4 is 17.7 Å². The minimum absolute atomic E-state index is 0.379. The number of carbonyl (C=O) groups is 1. The van der Waals surface area contributed by atoms with Crippen LogP contribution in [0.25, 0.3) is 0 Å². The van der Waals surface area contributed by atoms with E-state index in [4.69, 9.17) is 0 Å². The lowest BCUT2D eigenvalue weighted by atomic mass is 9.98. The van der Waals surface area contributed by atoms with Crippen molar-refractivity contribution in [1.82, 2.24) is 4.90 Å². The highest BCUT2D eigenvalue weighted by Crippen LogP contribution is 2.41. The zero-order chi connectivity index (χ0) is 11.8. The Bertz CT molecular complexity index is 287. The molecule has 2 heterocycles. The number of rotatable bonds is 2. The van der Waals surface area contributed by atoms with Crippen LogP contribution in [0.1, 0.15) is 51.4 Å². The van der Waals surface area contributed by atoms with Gasteiger partial charge in [0.1, 0.15) is 0 Å². The zero-order valence-corrected chi connectivity index (χ0v) is 11.5. The first-order valence-electron chi connectivity index (χ1n) is 7.14. The van der Waals surface area contributed by atoms with Gasteiger partial charge in [0.05, 0.1) is 0 Å². The summed E-state index contributed by atoms with van der Waals surface area (Å²) in [6.45, 7) is 0. The van der Waals surface area contributed by atoms with E-state index in [2.05, 4.69) is 11.2 Å². The van der Waals surface area contributed by atoms with E-state index in [-0.39, 0.29) is 0 Å². The Labute approximate surface area is 109 Å². The molecule has 0 aromatic rings. The zero-order valence-electron chi connectivity index (χ0n) is 10.7. The van der Waals surface area contributed by atoms with Gasteiger partial charge in [-0.05, 0) is 44.8 Å². The SMILES string of the molecule is CSC1CC2CCC(C1)N2C(=O)C1CCCC1. The molecule has 2 aliphatic heterocycles. The van der Waals surface area contributed by atoms with E-state index in [0.29, 0.717) is 23.9 Å². The molecule has 96 valence electrons. The number of piperidine rings is 1. The molecule has 2 saturated heterocycles. The molecular weight excluding hydrogens is 230 g/mol. The smallest absolute Gasteiger partial charge is 0.226 e. The van der Waals surface area contributed by atoms with Gasteiger partial charge in [-0.1, -0.05) is 12.8 Å². The lowest BCUT2D eigenvalue weighted by Gasteiger charge is -2.39. The van der Waals surface area contributed by atoms with Crippen LogP contribution in [0.15, 0.2) is 0 Å². The standard InChI is InChI=1S/C14H23NOS/c1-17-13-8-11-6-7-12(9-13)15(11)14(16)10-4-2-3-5-10/h10-13H,2-9H2,1H3. The third-order valence-corrected chi connectivity index (χ3v) is 6.03. The maximum Gasteiger partial charge on any atom is 0.226 e. The van der Waals surface area contributed by atoms with Crippen molar-refractivity contribution in [2.24, 2.45) is 5.92 Å². The number of carbonyl (C=O) groups excluding carboxylic acids is 1. The molecule has 0 aromatic carbocycles. The molecular formula is C14H23NOS. The fourth-order valence-electron chi connectivity index (χ4n) is 4.06. The number of hydrogen-bond donors (Lipinski definition) is 0. The van der Waals surface area contributed by atoms with E-state index < -0.39 is 0 Å². The molecule has 0 spiro atoms. The van der Waals surface area contributed by atoms with Gasteiger partial charge in [-0.3, -0.25) is 4.79 Å². The van der Waals surface area contributed by atoms with Crippen LogP contribution < -0.4 is 0 Å². The van der Waals surface area contributed by atoms with E-state index in [9.17, 15) is 4.79 Å². The van der Waals surface area contributed by atoms with Gasteiger partial charge in [0.25, 0.3) is 0 Å². The molecule has 17 heavy (non-hydrogen) atoms. The monoisotopic (exact) mass is 253 g/mol. The van der Waals surface area contributed by atoms with Crippen molar-refractivity contribution in [2.75, 3.05) is 6.26 Å². The fourth-order valence-corrected chi connectivity index (χ4v) is 4.89. The van der Waals surface area contributed by atoms with Gasteiger partial charge in [-0.2, -0.15) is 11.8 Å². The summed E-state index contributed by atoms with van der Waals surface area (Å²) in [6.07, 6.45) is 12.1. The second kappa shape index (κ2) is 4.83. The highest BCUT2D eigenvalue weighted by molar-refractivity contribution is 7.99. The summed E-state index contributed by atoms with van der Waals surface area (Å²) in [6, 6.07) is 1.17. The van der Waals surface area contributed by atoms with E-state index in [0.717, 1.165) is 18.1 Å². The highest BCUT2D eigenvalue weighted by Gasteiger charge is 2.44. The Morgan fingerprint density at radius 2 is 1.65 bits per heavy atom. The predicted octanol–water partition coefficient (Wildman–Crippen LogP) is 3.06. The quantitative estimate of drug-likeness (QED) is 0.754. The first-order chi connectivity index (χ1) is 8.29. The molecule has 1 aliphatic carbocycles. The van der Waals surface area contributed by atoms with Crippen molar-refractivity contribution < 1.29 is 4.79 Å². The number of thioether (sulfide) groups is 1. The lowest BCUT2D eigenvalue weighted by molar-refractivity contribution is -0.139. The Morgan fingerprint density at radius 1 is 1.06 bits per heavy atom. The first kappa shape index (κ1) is 11.9. The Kier molecular flexibility index (Phi) is 3.38. The van der Waals surface area contributed by atoms with Gasteiger partial charge in [0, 0.05) is 23.3 Å². The molecule has 1 saturated carbocycles. The average molecular weight is 253 g/mol. The van der Waals surface area contributed by atoms with Crippen LogP contribution in [0, 0.1) is 5.92 Å². The summed E-state index contributed by atoms with van der Waals surface area (Å²) in [4.78, 5) is 14.9. The maximum absolute atomic E-state index is 12.6. The van der Waals surface area contributed by atoms with Gasteiger partial charge < -0.3 is 4.90 Å². The first-order valence-corrected chi connectivity index (χ1v) is 8.43. The summed E-state index contributed by atoms with van der Waals surface area (Å²) >= 11 is 2.00. The second-order valence-electron chi connectivity index (χ2n) is 5.94. The van der Waals surface area contributed by atoms with Crippen LogP contribution in [-0.4, -0.2) is 34.4 Å². The lowest BCUT2D eigenvalue weighted by Crippen LogP contribution is -2.49. The van der Waals surface area contributed by atoms with Gasteiger partial charge >= 0.3 is 0 Å². The minimum atomic E-state index is 0.379. The van der Waals surface area contributed by atoms with Crippen molar-refractivity contribution in [2.45, 2.75) is 68.7 Å². The molecule has 1 amide bonds. The van der Waals surface area contributed by atoms with Gasteiger partial charge in [-0.15, -0.1) is 0 Å². The molecule has 2 atom stereocenters. The summed E-state index contributed by atoms with van der Waals surface area (Å²) < 4.78 is 0. The molecule has 3 rings (SSSR count). The van der Waals surface area contributed by atoms with Crippen LogP contribution in [0.2, 0.25) is 0 Å². The van der Waals surface area contributed by atoms with Gasteiger partial charge in [-0.25, -0.2) is 0 Å². The molecule has 3 heteroatoms. The maximum atomic E-state index is 12.6. The van der Waals surface area contributed by atoms with Crippen molar-refractivity contribution in [1.29, 1.82) is 0 Å². The van der Waals surface area contributed by atoms with Crippen molar-refractivity contribution in [3.8, 4) is 0 Å².